The van der Waals surface area contributed by atoms with Crippen LogP contribution in [0.2, 0.25) is 0 Å². The molecule has 5 rings (SSSR count). The zero-order valence-electron chi connectivity index (χ0n) is 28.0. The predicted octanol–water partition coefficient (Wildman–Crippen LogP) is 4.66. The van der Waals surface area contributed by atoms with E-state index in [1.54, 1.807) is 4.90 Å². The number of amides is 1. The molecular weight excluding hydrogens is 620 g/mol. The summed E-state index contributed by atoms with van der Waals surface area (Å²) in [4.78, 5) is 31.4. The van der Waals surface area contributed by atoms with Crippen molar-refractivity contribution in [1.82, 2.24) is 9.80 Å². The molecule has 0 aromatic heterocycles. The second kappa shape index (κ2) is 18.5. The maximum atomic E-state index is 14.5. The minimum absolute atomic E-state index is 0.0413. The standard InChI is InChI=1S/C40H46N2O7/c1-41-22-24-42(25-23-41)39(44)37(48-28-34-18-10-4-11-19-34)36(47-27-33-16-8-3-9-17-33)38(49-29-35-20-12-5-13-21-35)40(45,30-43)31-46-26-32-14-6-2-7-15-32/h2-21,30,36-38,45H,22-29,31H2,1H3. The third-order valence-electron chi connectivity index (χ3n) is 8.63. The van der Waals surface area contributed by atoms with Crippen molar-refractivity contribution < 1.29 is 33.6 Å². The molecule has 1 amide bonds. The number of ether oxygens (including phenoxy) is 4. The van der Waals surface area contributed by atoms with Crippen molar-refractivity contribution in [2.45, 2.75) is 50.3 Å². The van der Waals surface area contributed by atoms with Crippen LogP contribution in [-0.2, 0) is 55.0 Å². The van der Waals surface area contributed by atoms with Crippen molar-refractivity contribution >= 4 is 12.2 Å². The van der Waals surface area contributed by atoms with E-state index in [0.717, 1.165) is 22.3 Å². The van der Waals surface area contributed by atoms with Gasteiger partial charge in [0, 0.05) is 26.2 Å². The lowest BCUT2D eigenvalue weighted by Gasteiger charge is -2.41. The first-order valence-electron chi connectivity index (χ1n) is 16.7. The average Bonchev–Trinajstić information content (AvgIpc) is 3.15. The van der Waals surface area contributed by atoms with Crippen molar-refractivity contribution in [1.29, 1.82) is 0 Å². The van der Waals surface area contributed by atoms with Gasteiger partial charge in [0.15, 0.2) is 18.0 Å². The molecule has 0 spiro atoms. The third-order valence-corrected chi connectivity index (χ3v) is 8.63. The zero-order valence-corrected chi connectivity index (χ0v) is 28.0. The number of carbonyl (C=O) groups is 2. The summed E-state index contributed by atoms with van der Waals surface area (Å²) in [6.45, 7) is 2.39. The molecule has 0 radical (unpaired) electrons. The first-order valence-corrected chi connectivity index (χ1v) is 16.7. The highest BCUT2D eigenvalue weighted by Gasteiger charge is 2.50. The number of aldehydes is 1. The Bertz CT molecular complexity index is 1540. The van der Waals surface area contributed by atoms with Gasteiger partial charge in [-0.15, -0.1) is 0 Å². The van der Waals surface area contributed by atoms with Crippen LogP contribution in [0.3, 0.4) is 0 Å². The lowest BCUT2D eigenvalue weighted by Crippen LogP contribution is -2.62. The van der Waals surface area contributed by atoms with Crippen molar-refractivity contribution in [2.24, 2.45) is 0 Å². The van der Waals surface area contributed by atoms with E-state index in [-0.39, 0.29) is 32.3 Å². The molecule has 1 N–H and O–H groups in total. The zero-order chi connectivity index (χ0) is 34.3. The molecule has 0 bridgehead atoms. The van der Waals surface area contributed by atoms with Gasteiger partial charge in [0.1, 0.15) is 12.2 Å². The van der Waals surface area contributed by atoms with Gasteiger partial charge in [-0.1, -0.05) is 121 Å². The van der Waals surface area contributed by atoms with Crippen molar-refractivity contribution in [3.8, 4) is 0 Å². The SMILES string of the molecule is CN1CCN(C(=O)C(OCc2ccccc2)C(OCc2ccccc2)C(OCc2ccccc2)C(O)(C=O)COCc2ccccc2)CC1. The predicted molar refractivity (Wildman–Crippen MR) is 186 cm³/mol. The Balaban J connectivity index is 1.52. The molecule has 49 heavy (non-hydrogen) atoms. The summed E-state index contributed by atoms with van der Waals surface area (Å²) in [5.74, 6) is -0.297. The average molecular weight is 667 g/mol. The second-order valence-corrected chi connectivity index (χ2v) is 12.4. The van der Waals surface area contributed by atoms with Crippen LogP contribution in [0.4, 0.5) is 0 Å². The number of rotatable bonds is 18. The molecule has 4 aromatic carbocycles. The number of aliphatic hydroxyl groups is 1. The molecule has 1 heterocycles. The Morgan fingerprint density at radius 2 is 1.10 bits per heavy atom. The van der Waals surface area contributed by atoms with E-state index in [0.29, 0.717) is 32.5 Å². The van der Waals surface area contributed by atoms with E-state index in [9.17, 15) is 14.7 Å². The maximum Gasteiger partial charge on any atom is 0.254 e. The molecule has 1 aliphatic rings. The number of likely N-dealkylation sites (N-methyl/N-ethyl adjacent to an activating group) is 1. The highest BCUT2D eigenvalue weighted by Crippen LogP contribution is 2.28. The minimum Gasteiger partial charge on any atom is -0.377 e. The van der Waals surface area contributed by atoms with Crippen LogP contribution < -0.4 is 0 Å². The quantitative estimate of drug-likeness (QED) is 0.153. The van der Waals surface area contributed by atoms with Gasteiger partial charge in [0.25, 0.3) is 5.91 Å². The van der Waals surface area contributed by atoms with Gasteiger partial charge < -0.3 is 33.9 Å². The number of carbonyl (C=O) groups excluding carboxylic acids is 2. The summed E-state index contributed by atoms with van der Waals surface area (Å²) in [6, 6.07) is 38.0. The Morgan fingerprint density at radius 3 is 1.57 bits per heavy atom. The molecular formula is C40H46N2O7. The molecule has 1 fully saturated rings. The van der Waals surface area contributed by atoms with E-state index in [1.165, 1.54) is 0 Å². The van der Waals surface area contributed by atoms with Gasteiger partial charge in [0.2, 0.25) is 0 Å². The van der Waals surface area contributed by atoms with Crippen LogP contribution in [0.5, 0.6) is 0 Å². The van der Waals surface area contributed by atoms with E-state index in [4.69, 9.17) is 18.9 Å². The maximum absolute atomic E-state index is 14.5. The summed E-state index contributed by atoms with van der Waals surface area (Å²) < 4.78 is 25.5. The summed E-state index contributed by atoms with van der Waals surface area (Å²) in [6.07, 6.45) is -3.37. The molecule has 1 saturated heterocycles. The number of nitrogens with zero attached hydrogens (tertiary/aromatic N) is 2. The fourth-order valence-electron chi connectivity index (χ4n) is 5.75. The van der Waals surface area contributed by atoms with Crippen LogP contribution in [0.15, 0.2) is 121 Å². The molecule has 0 aliphatic carbocycles. The monoisotopic (exact) mass is 666 g/mol. The minimum atomic E-state index is -2.21. The summed E-state index contributed by atoms with van der Waals surface area (Å²) >= 11 is 0. The molecule has 258 valence electrons. The van der Waals surface area contributed by atoms with E-state index in [2.05, 4.69) is 4.90 Å². The smallest absolute Gasteiger partial charge is 0.254 e. The summed E-state index contributed by atoms with van der Waals surface area (Å²) in [5.41, 5.74) is 1.20. The van der Waals surface area contributed by atoms with E-state index >= 15 is 0 Å². The number of benzene rings is 4. The van der Waals surface area contributed by atoms with E-state index < -0.39 is 30.5 Å². The van der Waals surface area contributed by atoms with Crippen molar-refractivity contribution in [3.63, 3.8) is 0 Å². The molecule has 9 nitrogen and oxygen atoms in total. The lowest BCUT2D eigenvalue weighted by molar-refractivity contribution is -0.218. The Morgan fingerprint density at radius 1 is 0.673 bits per heavy atom. The number of piperazine rings is 1. The first kappa shape index (κ1) is 36.1. The topological polar surface area (TPSA) is 97.8 Å². The van der Waals surface area contributed by atoms with Gasteiger partial charge in [-0.3, -0.25) is 9.59 Å². The van der Waals surface area contributed by atoms with Gasteiger partial charge in [-0.25, -0.2) is 0 Å². The fourth-order valence-corrected chi connectivity index (χ4v) is 5.75. The van der Waals surface area contributed by atoms with Crippen LogP contribution in [-0.4, -0.2) is 90.8 Å². The highest BCUT2D eigenvalue weighted by atomic mass is 16.6. The van der Waals surface area contributed by atoms with Crippen LogP contribution in [0.25, 0.3) is 0 Å². The summed E-state index contributed by atoms with van der Waals surface area (Å²) in [7, 11) is 2.02. The first-order chi connectivity index (χ1) is 23.9. The number of hydrogen-bond donors (Lipinski definition) is 1. The van der Waals surface area contributed by atoms with Crippen LogP contribution in [0.1, 0.15) is 22.3 Å². The van der Waals surface area contributed by atoms with Gasteiger partial charge in [-0.05, 0) is 29.3 Å². The molecule has 9 heteroatoms. The lowest BCUT2D eigenvalue weighted by atomic mass is 9.90. The second-order valence-electron chi connectivity index (χ2n) is 12.4. The Labute approximate surface area is 289 Å². The molecule has 0 saturated carbocycles. The molecule has 4 aromatic rings. The van der Waals surface area contributed by atoms with E-state index in [1.807, 2.05) is 128 Å². The van der Waals surface area contributed by atoms with Gasteiger partial charge >= 0.3 is 0 Å². The fraction of sp³-hybridized carbons (Fsp3) is 0.350. The Kier molecular flexibility index (Phi) is 13.6. The van der Waals surface area contributed by atoms with Crippen molar-refractivity contribution in [3.05, 3.63) is 144 Å². The summed E-state index contributed by atoms with van der Waals surface area (Å²) in [5, 5.41) is 12.2. The van der Waals surface area contributed by atoms with Crippen LogP contribution >= 0.6 is 0 Å². The Hall–Kier alpha value is -4.22. The third kappa shape index (κ3) is 10.6. The van der Waals surface area contributed by atoms with Crippen LogP contribution in [0, 0.1) is 0 Å². The highest BCUT2D eigenvalue weighted by molar-refractivity contribution is 5.82. The van der Waals surface area contributed by atoms with Gasteiger partial charge in [-0.2, -0.15) is 0 Å². The largest absolute Gasteiger partial charge is 0.377 e. The molecule has 4 atom stereocenters. The van der Waals surface area contributed by atoms with Gasteiger partial charge in [0.05, 0.1) is 33.0 Å². The molecule has 1 aliphatic heterocycles. The van der Waals surface area contributed by atoms with Crippen molar-refractivity contribution in [2.75, 3.05) is 39.8 Å². The number of hydrogen-bond acceptors (Lipinski definition) is 8. The normalized spacial score (nSPS) is 16.7. The molecule has 4 unspecified atom stereocenters.